The summed E-state index contributed by atoms with van der Waals surface area (Å²) in [7, 11) is 0. The van der Waals surface area contributed by atoms with E-state index in [0.29, 0.717) is 17.5 Å². The van der Waals surface area contributed by atoms with Crippen molar-refractivity contribution in [3.63, 3.8) is 0 Å². The average molecular weight is 770 g/mol. The highest BCUT2D eigenvalue weighted by Gasteiger charge is 2.19. The third kappa shape index (κ3) is 6.46. The van der Waals surface area contributed by atoms with Crippen molar-refractivity contribution in [2.75, 3.05) is 0 Å². The molecule has 0 bridgehead atoms. The molecule has 2 heterocycles. The maximum absolute atomic E-state index is 5.26. The summed E-state index contributed by atoms with van der Waals surface area (Å²) in [5.74, 6) is 1.91. The minimum atomic E-state index is 0.630. The zero-order chi connectivity index (χ0) is 39.1. The van der Waals surface area contributed by atoms with Gasteiger partial charge in [0.1, 0.15) is 0 Å². The Bertz CT molecular complexity index is 3300. The van der Waals surface area contributed by atoms with Gasteiger partial charge in [-0.1, -0.05) is 182 Å². The quantitative estimate of drug-likeness (QED) is 0.162. The van der Waals surface area contributed by atoms with E-state index in [1.54, 1.807) is 0 Å². The lowest BCUT2D eigenvalue weighted by molar-refractivity contribution is 1.07. The molecule has 0 saturated heterocycles. The minimum absolute atomic E-state index is 0.630. The van der Waals surface area contributed by atoms with Gasteiger partial charge in [0.15, 0.2) is 17.5 Å². The van der Waals surface area contributed by atoms with Crippen LogP contribution in [0.1, 0.15) is 0 Å². The van der Waals surface area contributed by atoms with Crippen LogP contribution in [0, 0.1) is 0 Å². The molecule has 0 aliphatic heterocycles. The molecule has 4 heteroatoms. The van der Waals surface area contributed by atoms with Gasteiger partial charge < -0.3 is 0 Å². The highest BCUT2D eigenvalue weighted by molar-refractivity contribution is 7.26. The fourth-order valence-corrected chi connectivity index (χ4v) is 9.46. The number of rotatable bonds is 7. The smallest absolute Gasteiger partial charge is 0.164 e. The second-order valence-electron chi connectivity index (χ2n) is 14.8. The van der Waals surface area contributed by atoms with Gasteiger partial charge in [-0.2, -0.15) is 0 Å². The fourth-order valence-electron chi connectivity index (χ4n) is 8.29. The lowest BCUT2D eigenvalue weighted by Gasteiger charge is -2.16. The van der Waals surface area contributed by atoms with Crippen molar-refractivity contribution in [3.05, 3.63) is 212 Å². The molecule has 276 valence electrons. The van der Waals surface area contributed by atoms with Crippen LogP contribution in [0.25, 0.3) is 110 Å². The minimum Gasteiger partial charge on any atom is -0.208 e. The van der Waals surface area contributed by atoms with Gasteiger partial charge in [0.2, 0.25) is 0 Å². The van der Waals surface area contributed by atoms with Crippen LogP contribution in [0.2, 0.25) is 0 Å². The molecule has 0 aliphatic rings. The number of hydrogen-bond acceptors (Lipinski definition) is 4. The number of hydrogen-bond donors (Lipinski definition) is 0. The van der Waals surface area contributed by atoms with Crippen molar-refractivity contribution in [2.24, 2.45) is 0 Å². The van der Waals surface area contributed by atoms with E-state index < -0.39 is 0 Å². The van der Waals surface area contributed by atoms with Crippen molar-refractivity contribution < 1.29 is 0 Å². The van der Waals surface area contributed by atoms with Crippen LogP contribution in [-0.2, 0) is 0 Å². The molecule has 0 fully saturated rings. The van der Waals surface area contributed by atoms with Crippen LogP contribution in [0.5, 0.6) is 0 Å². The zero-order valence-electron chi connectivity index (χ0n) is 32.0. The maximum Gasteiger partial charge on any atom is 0.164 e. The molecule has 0 saturated carbocycles. The summed E-state index contributed by atoms with van der Waals surface area (Å²) in [6.07, 6.45) is 0. The monoisotopic (exact) mass is 769 g/mol. The van der Waals surface area contributed by atoms with E-state index in [9.17, 15) is 0 Å². The summed E-state index contributed by atoms with van der Waals surface area (Å²) in [6.45, 7) is 0. The Kier molecular flexibility index (Phi) is 8.68. The molecule has 2 aromatic heterocycles. The molecule has 0 spiro atoms. The summed E-state index contributed by atoms with van der Waals surface area (Å²) in [5, 5.41) is 4.92. The first kappa shape index (κ1) is 34.7. The number of thiophene rings is 1. The fraction of sp³-hybridized carbons (Fsp3) is 0. The average Bonchev–Trinajstić information content (AvgIpc) is 3.70. The highest BCUT2D eigenvalue weighted by Crippen LogP contribution is 2.43. The molecule has 11 aromatic rings. The van der Waals surface area contributed by atoms with Gasteiger partial charge in [0.05, 0.1) is 0 Å². The summed E-state index contributed by atoms with van der Waals surface area (Å²) >= 11 is 1.81. The summed E-state index contributed by atoms with van der Waals surface area (Å²) in [6, 6.07) is 75.3. The van der Waals surface area contributed by atoms with Gasteiger partial charge in [-0.3, -0.25) is 0 Å². The van der Waals surface area contributed by atoms with E-state index in [-0.39, 0.29) is 0 Å². The molecule has 0 unspecified atom stereocenters. The Morgan fingerprint density at radius 1 is 0.288 bits per heavy atom. The Morgan fingerprint density at radius 2 is 0.814 bits per heavy atom. The second-order valence-corrected chi connectivity index (χ2v) is 15.9. The van der Waals surface area contributed by atoms with Crippen molar-refractivity contribution in [1.82, 2.24) is 15.0 Å². The van der Waals surface area contributed by atoms with Gasteiger partial charge >= 0.3 is 0 Å². The molecular formula is C55H35N3S. The van der Waals surface area contributed by atoms with E-state index in [4.69, 9.17) is 15.0 Å². The van der Waals surface area contributed by atoms with Crippen LogP contribution < -0.4 is 0 Å². The Balaban J connectivity index is 1.08. The number of fused-ring (bicyclic) bond motifs is 4. The van der Waals surface area contributed by atoms with Crippen molar-refractivity contribution in [2.45, 2.75) is 0 Å². The lowest BCUT2D eigenvalue weighted by atomic mass is 9.88. The molecule has 11 rings (SSSR count). The number of nitrogens with zero attached hydrogens (tertiary/aromatic N) is 3. The molecule has 9 aromatic carbocycles. The lowest BCUT2D eigenvalue weighted by Crippen LogP contribution is -2.00. The molecular weight excluding hydrogens is 735 g/mol. The van der Waals surface area contributed by atoms with Gasteiger partial charge in [0.25, 0.3) is 0 Å². The van der Waals surface area contributed by atoms with Crippen LogP contribution in [0.15, 0.2) is 212 Å². The van der Waals surface area contributed by atoms with Crippen LogP contribution in [-0.4, -0.2) is 15.0 Å². The Morgan fingerprint density at radius 3 is 1.53 bits per heavy atom. The van der Waals surface area contributed by atoms with Gasteiger partial charge in [-0.25, -0.2) is 15.0 Å². The summed E-state index contributed by atoms with van der Waals surface area (Å²) in [5.41, 5.74) is 12.2. The summed E-state index contributed by atoms with van der Waals surface area (Å²) < 4.78 is 2.46. The number of benzene rings is 9. The van der Waals surface area contributed by atoms with Crippen LogP contribution >= 0.6 is 11.3 Å². The van der Waals surface area contributed by atoms with Gasteiger partial charge in [0, 0.05) is 36.9 Å². The molecule has 0 N–H and O–H groups in total. The first-order valence-electron chi connectivity index (χ1n) is 19.8. The van der Waals surface area contributed by atoms with Crippen molar-refractivity contribution >= 4 is 42.3 Å². The van der Waals surface area contributed by atoms with E-state index in [1.165, 1.54) is 58.8 Å². The third-order valence-electron chi connectivity index (χ3n) is 11.1. The standard InChI is InChI=1S/C55H35N3S/c1-5-16-36(17-6-1)45-31-30-38-28-29-42(33-47(38)51(45)39-20-9-3-10-21-39)41-24-15-25-43(32-41)54-56-53(40-22-11-4-12-23-40)57-55(58-54)44-34-48(37-18-7-2-8-19-37)52-46-26-13-14-27-49(46)59-50(52)35-44/h1-35H. The van der Waals surface area contributed by atoms with E-state index in [2.05, 4.69) is 194 Å². The van der Waals surface area contributed by atoms with Crippen LogP contribution in [0.3, 0.4) is 0 Å². The Labute approximate surface area is 346 Å². The van der Waals surface area contributed by atoms with E-state index in [0.717, 1.165) is 33.4 Å². The first-order valence-corrected chi connectivity index (χ1v) is 20.7. The first-order chi connectivity index (χ1) is 29.2. The Hall–Kier alpha value is -7.53. The van der Waals surface area contributed by atoms with Gasteiger partial charge in [-0.15, -0.1) is 11.3 Å². The molecule has 0 amide bonds. The normalized spacial score (nSPS) is 11.4. The third-order valence-corrected chi connectivity index (χ3v) is 12.2. The molecule has 3 nitrogen and oxygen atoms in total. The number of aromatic nitrogens is 3. The SMILES string of the molecule is c1ccc(-c2nc(-c3cccc(-c4ccc5ccc(-c6ccccc6)c(-c6ccccc6)c5c4)c3)nc(-c3cc(-c4ccccc4)c4c(c3)sc3ccccc34)n2)cc1. The maximum atomic E-state index is 5.26. The molecule has 0 radical (unpaired) electrons. The highest BCUT2D eigenvalue weighted by atomic mass is 32.1. The van der Waals surface area contributed by atoms with E-state index in [1.807, 2.05) is 29.5 Å². The summed E-state index contributed by atoms with van der Waals surface area (Å²) in [4.78, 5) is 15.6. The van der Waals surface area contributed by atoms with Crippen molar-refractivity contribution in [1.29, 1.82) is 0 Å². The molecule has 59 heavy (non-hydrogen) atoms. The predicted octanol–water partition coefficient (Wildman–Crippen LogP) is 15.1. The largest absolute Gasteiger partial charge is 0.208 e. The zero-order valence-corrected chi connectivity index (χ0v) is 32.8. The topological polar surface area (TPSA) is 38.7 Å². The van der Waals surface area contributed by atoms with Crippen LogP contribution in [0.4, 0.5) is 0 Å². The molecule has 0 aliphatic carbocycles. The second kappa shape index (κ2) is 14.8. The van der Waals surface area contributed by atoms with Gasteiger partial charge in [-0.05, 0) is 85.6 Å². The molecule has 0 atom stereocenters. The van der Waals surface area contributed by atoms with Crippen molar-refractivity contribution in [3.8, 4) is 78.7 Å². The predicted molar refractivity (Wildman–Crippen MR) is 248 cm³/mol. The van der Waals surface area contributed by atoms with E-state index >= 15 is 0 Å².